The van der Waals surface area contributed by atoms with Gasteiger partial charge in [0.2, 0.25) is 0 Å². The molecule has 0 saturated heterocycles. The van der Waals surface area contributed by atoms with Gasteiger partial charge in [-0.05, 0) is 19.8 Å². The highest BCUT2D eigenvalue weighted by molar-refractivity contribution is 5.89. The van der Waals surface area contributed by atoms with Crippen LogP contribution in [0.5, 0.6) is 0 Å². The number of hydrazone groups is 1. The van der Waals surface area contributed by atoms with Crippen LogP contribution in [-0.2, 0) is 0 Å². The summed E-state index contributed by atoms with van der Waals surface area (Å²) in [4.78, 5) is 4.14. The van der Waals surface area contributed by atoms with Gasteiger partial charge in [-0.1, -0.05) is 20.3 Å². The molecule has 0 aliphatic carbocycles. The summed E-state index contributed by atoms with van der Waals surface area (Å²) in [5.41, 5.74) is 0. The Hall–Kier alpha value is -0.860. The van der Waals surface area contributed by atoms with Crippen molar-refractivity contribution in [3.05, 3.63) is 0 Å². The van der Waals surface area contributed by atoms with Gasteiger partial charge in [-0.25, -0.2) is 4.99 Å². The van der Waals surface area contributed by atoms with Crippen molar-refractivity contribution in [3.8, 4) is 0 Å². The minimum absolute atomic E-state index is 0.590. The molecule has 1 unspecified atom stereocenters. The first-order valence-corrected chi connectivity index (χ1v) is 5.12. The number of hydrogen-bond donors (Lipinski definition) is 0. The molecule has 0 N–H and O–H groups in total. The highest BCUT2D eigenvalue weighted by Gasteiger charge is 2.14. The first-order chi connectivity index (χ1) is 6.27. The number of nitrogens with zero attached hydrogens (tertiary/aromatic N) is 3. The zero-order valence-corrected chi connectivity index (χ0v) is 8.82. The molecule has 1 aliphatic heterocycles. The Kier molecular flexibility index (Phi) is 3.93. The maximum atomic E-state index is 4.42. The summed E-state index contributed by atoms with van der Waals surface area (Å²) in [5, 5.41) is 6.58. The van der Waals surface area contributed by atoms with E-state index in [2.05, 4.69) is 29.0 Å². The summed E-state index contributed by atoms with van der Waals surface area (Å²) < 4.78 is 0. The molecule has 0 aromatic carbocycles. The van der Waals surface area contributed by atoms with Gasteiger partial charge in [0.15, 0.2) is 0 Å². The van der Waals surface area contributed by atoms with Crippen LogP contribution in [0.1, 0.15) is 40.0 Å². The van der Waals surface area contributed by atoms with Crippen molar-refractivity contribution in [2.45, 2.75) is 46.1 Å². The SMILES string of the molecule is CCCC(CC)N1CC=NC(C)=N1. The van der Waals surface area contributed by atoms with Crippen LogP contribution in [0.4, 0.5) is 0 Å². The van der Waals surface area contributed by atoms with Crippen molar-refractivity contribution in [2.24, 2.45) is 10.1 Å². The molecule has 0 amide bonds. The van der Waals surface area contributed by atoms with E-state index in [4.69, 9.17) is 0 Å². The van der Waals surface area contributed by atoms with E-state index >= 15 is 0 Å². The lowest BCUT2D eigenvalue weighted by atomic mass is 10.1. The summed E-state index contributed by atoms with van der Waals surface area (Å²) in [6.07, 6.45) is 5.56. The van der Waals surface area contributed by atoms with Crippen molar-refractivity contribution in [1.82, 2.24) is 5.01 Å². The van der Waals surface area contributed by atoms with Crippen LogP contribution >= 0.6 is 0 Å². The second-order valence-corrected chi connectivity index (χ2v) is 3.43. The van der Waals surface area contributed by atoms with E-state index in [9.17, 15) is 0 Å². The molecule has 0 fully saturated rings. The van der Waals surface area contributed by atoms with Gasteiger partial charge < -0.3 is 0 Å². The fraction of sp³-hybridized carbons (Fsp3) is 0.800. The lowest BCUT2D eigenvalue weighted by Gasteiger charge is -2.28. The Morgan fingerprint density at radius 1 is 1.54 bits per heavy atom. The van der Waals surface area contributed by atoms with Crippen LogP contribution < -0.4 is 0 Å². The van der Waals surface area contributed by atoms with Gasteiger partial charge in [-0.3, -0.25) is 5.01 Å². The molecule has 1 atom stereocenters. The van der Waals surface area contributed by atoms with Gasteiger partial charge >= 0.3 is 0 Å². The molecular weight excluding hydrogens is 162 g/mol. The fourth-order valence-corrected chi connectivity index (χ4v) is 1.64. The second kappa shape index (κ2) is 5.00. The minimum atomic E-state index is 0.590. The van der Waals surface area contributed by atoms with Crippen molar-refractivity contribution < 1.29 is 0 Å². The molecule has 0 aromatic heterocycles. The molecule has 1 heterocycles. The summed E-state index contributed by atoms with van der Waals surface area (Å²) in [7, 11) is 0. The van der Waals surface area contributed by atoms with E-state index in [0.717, 1.165) is 12.4 Å². The van der Waals surface area contributed by atoms with Crippen molar-refractivity contribution in [3.63, 3.8) is 0 Å². The smallest absolute Gasteiger partial charge is 0.144 e. The molecule has 0 aromatic rings. The average molecular weight is 181 g/mol. The maximum Gasteiger partial charge on any atom is 0.144 e. The first kappa shape index (κ1) is 10.2. The van der Waals surface area contributed by atoms with Crippen LogP contribution in [0.25, 0.3) is 0 Å². The Labute approximate surface area is 80.5 Å². The predicted octanol–water partition coefficient (Wildman–Crippen LogP) is 2.28. The third-order valence-electron chi connectivity index (χ3n) is 2.33. The normalized spacial score (nSPS) is 18.7. The van der Waals surface area contributed by atoms with E-state index < -0.39 is 0 Å². The number of hydrogen-bond acceptors (Lipinski definition) is 3. The highest BCUT2D eigenvalue weighted by Crippen LogP contribution is 2.12. The third-order valence-corrected chi connectivity index (χ3v) is 2.33. The van der Waals surface area contributed by atoms with E-state index in [1.54, 1.807) is 0 Å². The van der Waals surface area contributed by atoms with Gasteiger partial charge in [0.1, 0.15) is 5.84 Å². The van der Waals surface area contributed by atoms with Crippen LogP contribution in [0.2, 0.25) is 0 Å². The molecule has 13 heavy (non-hydrogen) atoms. The summed E-state index contributed by atoms with van der Waals surface area (Å²) >= 11 is 0. The largest absolute Gasteiger partial charge is 0.287 e. The lowest BCUT2D eigenvalue weighted by molar-refractivity contribution is 0.214. The Balaban J connectivity index is 2.54. The zero-order chi connectivity index (χ0) is 9.68. The lowest BCUT2D eigenvalue weighted by Crippen LogP contribution is -2.34. The highest BCUT2D eigenvalue weighted by atomic mass is 15.5. The molecular formula is C10H19N3. The number of aliphatic imine (C=N–C) groups is 1. The number of amidine groups is 1. The summed E-state index contributed by atoms with van der Waals surface area (Å²) in [6.45, 7) is 7.26. The molecule has 0 spiro atoms. The van der Waals surface area contributed by atoms with Crippen LogP contribution in [0.15, 0.2) is 10.1 Å². The van der Waals surface area contributed by atoms with Crippen LogP contribution in [0, 0.1) is 0 Å². The topological polar surface area (TPSA) is 28.0 Å². The predicted molar refractivity (Wildman–Crippen MR) is 57.3 cm³/mol. The van der Waals surface area contributed by atoms with Gasteiger partial charge in [0.25, 0.3) is 0 Å². The van der Waals surface area contributed by atoms with E-state index in [0.29, 0.717) is 6.04 Å². The first-order valence-electron chi connectivity index (χ1n) is 5.12. The number of rotatable bonds is 4. The second-order valence-electron chi connectivity index (χ2n) is 3.43. The molecule has 0 saturated carbocycles. The van der Waals surface area contributed by atoms with Crippen molar-refractivity contribution in [1.29, 1.82) is 0 Å². The molecule has 74 valence electrons. The maximum absolute atomic E-state index is 4.42. The zero-order valence-electron chi connectivity index (χ0n) is 8.82. The van der Waals surface area contributed by atoms with Gasteiger partial charge in [0, 0.05) is 12.3 Å². The Morgan fingerprint density at radius 3 is 2.85 bits per heavy atom. The standard InChI is InChI=1S/C10H19N3/c1-4-6-10(5-2)13-8-7-11-9(3)12-13/h7,10H,4-6,8H2,1-3H3. The van der Waals surface area contributed by atoms with E-state index in [-0.39, 0.29) is 0 Å². The van der Waals surface area contributed by atoms with E-state index in [1.165, 1.54) is 19.3 Å². The van der Waals surface area contributed by atoms with Gasteiger partial charge in [0.05, 0.1) is 6.54 Å². The van der Waals surface area contributed by atoms with Gasteiger partial charge in [-0.2, -0.15) is 5.10 Å². The Bertz CT molecular complexity index is 208. The third kappa shape index (κ3) is 2.83. The van der Waals surface area contributed by atoms with Crippen molar-refractivity contribution in [2.75, 3.05) is 6.54 Å². The fourth-order valence-electron chi connectivity index (χ4n) is 1.64. The van der Waals surface area contributed by atoms with Crippen LogP contribution in [-0.4, -0.2) is 29.6 Å². The van der Waals surface area contributed by atoms with Crippen LogP contribution in [0.3, 0.4) is 0 Å². The Morgan fingerprint density at radius 2 is 2.31 bits per heavy atom. The quantitative estimate of drug-likeness (QED) is 0.654. The molecule has 1 aliphatic rings. The molecule has 3 heteroatoms. The minimum Gasteiger partial charge on any atom is -0.287 e. The van der Waals surface area contributed by atoms with Crippen molar-refractivity contribution >= 4 is 12.1 Å². The molecule has 0 radical (unpaired) electrons. The monoisotopic (exact) mass is 181 g/mol. The molecule has 3 nitrogen and oxygen atoms in total. The summed E-state index contributed by atoms with van der Waals surface area (Å²) in [5.74, 6) is 0.876. The average Bonchev–Trinajstić information content (AvgIpc) is 2.14. The van der Waals surface area contributed by atoms with Gasteiger partial charge in [-0.15, -0.1) is 0 Å². The van der Waals surface area contributed by atoms with E-state index in [1.807, 2.05) is 13.1 Å². The molecule has 1 rings (SSSR count). The summed E-state index contributed by atoms with van der Waals surface area (Å²) in [6, 6.07) is 0.590. The molecule has 0 bridgehead atoms.